The van der Waals surface area contributed by atoms with E-state index in [0.29, 0.717) is 12.8 Å². The van der Waals surface area contributed by atoms with Crippen molar-refractivity contribution in [2.45, 2.75) is 299 Å². The first-order chi connectivity index (χ1) is 38.0. The number of carboxylic acid groups (broad SMARTS) is 1. The third kappa shape index (κ3) is 69.7. The average molecular weight is 1160 g/mol. The van der Waals surface area contributed by atoms with Crippen molar-refractivity contribution in [3.63, 3.8) is 0 Å². The van der Waals surface area contributed by atoms with Gasteiger partial charge in [-0.1, -0.05) is 114 Å². The Kier molecular flexibility index (Phi) is 70.9. The van der Waals surface area contributed by atoms with E-state index in [1.807, 2.05) is 27.7 Å². The van der Waals surface area contributed by atoms with Crippen molar-refractivity contribution < 1.29 is 97.4 Å². The van der Waals surface area contributed by atoms with Crippen LogP contribution in [0.1, 0.15) is 256 Å². The molecular weight excluding hydrogens is 1040 g/mol. The number of carboxylic acids is 1. The Bertz CT molecular complexity index is 1420. The lowest BCUT2D eigenvalue weighted by molar-refractivity contribution is -0.156. The van der Waals surface area contributed by atoms with Gasteiger partial charge in [0.25, 0.3) is 0 Å². The second kappa shape index (κ2) is 65.4. The molecule has 21 nitrogen and oxygen atoms in total. The third-order valence-electron chi connectivity index (χ3n) is 11.0. The zero-order chi connectivity index (χ0) is 62.5. The molecule has 0 spiro atoms. The average Bonchev–Trinajstić information content (AvgIpc) is 3.38. The van der Waals surface area contributed by atoms with Gasteiger partial charge in [-0.05, 0) is 91.4 Å². The van der Waals surface area contributed by atoms with Crippen LogP contribution in [0.25, 0.3) is 0 Å². The molecule has 7 N–H and O–H groups in total. The maximum absolute atomic E-state index is 11.6. The number of aliphatic carboxylic acids is 1. The highest BCUT2D eigenvalue weighted by molar-refractivity contribution is 5.81. The van der Waals surface area contributed by atoms with Gasteiger partial charge in [0.2, 0.25) is 5.91 Å². The van der Waals surface area contributed by atoms with Gasteiger partial charge in [-0.2, -0.15) is 0 Å². The second-order valence-corrected chi connectivity index (χ2v) is 18.9. The van der Waals surface area contributed by atoms with E-state index >= 15 is 0 Å². The van der Waals surface area contributed by atoms with E-state index in [1.165, 1.54) is 0 Å². The van der Waals surface area contributed by atoms with E-state index in [-0.39, 0.29) is 132 Å². The highest BCUT2D eigenvalue weighted by Crippen LogP contribution is 2.14. The van der Waals surface area contributed by atoms with Gasteiger partial charge in [0.1, 0.15) is 18.3 Å². The molecule has 0 aromatic carbocycles. The lowest BCUT2D eigenvalue weighted by Gasteiger charge is -2.16. The van der Waals surface area contributed by atoms with Crippen molar-refractivity contribution in [1.29, 1.82) is 0 Å². The molecule has 0 aliphatic carbocycles. The van der Waals surface area contributed by atoms with Crippen LogP contribution in [0, 0.1) is 0 Å². The Hall–Kier alpha value is -4.44. The fraction of sp³-hybridized carbons (Fsp3) is 0.864. The number of carbonyl (C=O) groups excluding carboxylic acids is 7. The molecule has 0 aromatic rings. The summed E-state index contributed by atoms with van der Waals surface area (Å²) in [5.74, 6) is -3.40. The number of amides is 1. The summed E-state index contributed by atoms with van der Waals surface area (Å²) in [7, 11) is 1.56. The van der Waals surface area contributed by atoms with Crippen LogP contribution in [-0.2, 0) is 66.8 Å². The highest BCUT2D eigenvalue weighted by atomic mass is 16.6. The molecule has 0 saturated heterocycles. The Labute approximate surface area is 481 Å². The zero-order valence-electron chi connectivity index (χ0n) is 51.9. The smallest absolute Gasteiger partial charge is 0.308 e. The number of aliphatic hydroxyl groups excluding tert-OH is 5. The third-order valence-corrected chi connectivity index (χ3v) is 11.0. The number of esters is 6. The summed E-state index contributed by atoms with van der Waals surface area (Å²) in [5, 5.41) is 54.3. The molecule has 0 aliphatic heterocycles. The quantitative estimate of drug-likeness (QED) is 0.0222. The van der Waals surface area contributed by atoms with Gasteiger partial charge < -0.3 is 64.4 Å². The van der Waals surface area contributed by atoms with E-state index < -0.39 is 36.1 Å². The topological polar surface area (TPSA) is 325 Å². The molecule has 1 atom stereocenters. The normalized spacial score (nSPS) is 10.8. The Balaban J connectivity index is -0.000000210. The van der Waals surface area contributed by atoms with E-state index in [4.69, 9.17) is 44.5 Å². The number of carbonyl (C=O) groups is 8. The monoisotopic (exact) mass is 1160 g/mol. The standard InChI is InChI=1S/C15H28O4.C12H23NO3.C11H20O4.C9H16O5.C7H16O.C5H12O3/c1-5-8-13(9-6-2)19-15(17)11-10-14(16)18-12(4)7-3;1-4-6-10(7-5-2)16-12(15)9-8-11(14)13-3;1-3-5-9(6-4-2)15-11(14)8-7-10(12)13;1-3-13-8(11)5-7(10)6-9(12)14-4-2;1-3-5-7(8)6-4-2;6-3-1-5(8)2-4-7/h12-13H,5-11H2,1-4H3;10H,4-9H2,1-3H3,(H,13,14);9H,3-8H2,1-2H3,(H,12,13);7,10H,3-6H2,1-2H3;7-8H,3-6H2,1-2H3;5-8H,1-4H2. The minimum absolute atomic E-state index is 0.00640. The fourth-order valence-electron chi connectivity index (χ4n) is 6.72. The first kappa shape index (κ1) is 86.8. The van der Waals surface area contributed by atoms with Crippen LogP contribution in [-0.4, -0.2) is 155 Å². The van der Waals surface area contributed by atoms with Crippen molar-refractivity contribution in [3.8, 4) is 0 Å². The molecule has 0 fully saturated rings. The summed E-state index contributed by atoms with van der Waals surface area (Å²) in [5.41, 5.74) is 0. The van der Waals surface area contributed by atoms with Crippen molar-refractivity contribution in [2.24, 2.45) is 0 Å². The zero-order valence-corrected chi connectivity index (χ0v) is 51.9. The van der Waals surface area contributed by atoms with Crippen LogP contribution < -0.4 is 5.32 Å². The molecule has 0 rings (SSSR count). The van der Waals surface area contributed by atoms with Gasteiger partial charge in [0.05, 0.1) is 82.6 Å². The predicted molar refractivity (Wildman–Crippen MR) is 308 cm³/mol. The summed E-state index contributed by atoms with van der Waals surface area (Å²) in [6, 6.07) is 0. The summed E-state index contributed by atoms with van der Waals surface area (Å²) < 4.78 is 30.2. The molecule has 0 aromatic heterocycles. The molecule has 1 unspecified atom stereocenters. The predicted octanol–water partition coefficient (Wildman–Crippen LogP) is 9.32. The van der Waals surface area contributed by atoms with Crippen LogP contribution in [0.15, 0.2) is 0 Å². The lowest BCUT2D eigenvalue weighted by Crippen LogP contribution is -2.22. The highest BCUT2D eigenvalue weighted by Gasteiger charge is 2.18. The molecule has 80 heavy (non-hydrogen) atoms. The second-order valence-electron chi connectivity index (χ2n) is 18.9. The summed E-state index contributed by atoms with van der Waals surface area (Å²) >= 11 is 0. The number of nitrogens with one attached hydrogen (secondary N) is 1. The number of aliphatic hydroxyl groups is 5. The SMILES string of the molecule is CCCC(CCC)OC(=O)CCC(=O)NC.CCCC(CCC)OC(=O)CCC(=O)O.CCCC(CCC)OC(=O)CCC(=O)OC(C)CC.CCCC(O)CCC.CCOC(=O)CC(O)CC(=O)OCC.OCCC(O)CCO. The van der Waals surface area contributed by atoms with Gasteiger partial charge in [-0.25, -0.2) is 0 Å². The van der Waals surface area contributed by atoms with Crippen molar-refractivity contribution in [3.05, 3.63) is 0 Å². The molecule has 0 heterocycles. The summed E-state index contributed by atoms with van der Waals surface area (Å²) in [6.07, 6.45) is 15.2. The molecule has 21 heteroatoms. The lowest BCUT2D eigenvalue weighted by atomic mass is 10.1. The van der Waals surface area contributed by atoms with Crippen LogP contribution in [0.3, 0.4) is 0 Å². The molecule has 0 aliphatic rings. The van der Waals surface area contributed by atoms with Crippen molar-refractivity contribution in [2.75, 3.05) is 33.5 Å². The van der Waals surface area contributed by atoms with Gasteiger partial charge in [0, 0.05) is 26.7 Å². The van der Waals surface area contributed by atoms with E-state index in [2.05, 4.69) is 56.3 Å². The van der Waals surface area contributed by atoms with E-state index in [1.54, 1.807) is 20.9 Å². The molecule has 0 saturated carbocycles. The van der Waals surface area contributed by atoms with Gasteiger partial charge >= 0.3 is 41.8 Å². The first-order valence-corrected chi connectivity index (χ1v) is 29.7. The maximum Gasteiger partial charge on any atom is 0.308 e. The fourth-order valence-corrected chi connectivity index (χ4v) is 6.72. The first-order valence-electron chi connectivity index (χ1n) is 29.7. The molecule has 476 valence electrons. The molecule has 0 radical (unpaired) electrons. The Morgan fingerprint density at radius 2 is 0.675 bits per heavy atom. The molecule has 0 bridgehead atoms. The minimum atomic E-state index is -1.02. The Morgan fingerprint density at radius 3 is 0.938 bits per heavy atom. The number of ether oxygens (including phenoxy) is 6. The van der Waals surface area contributed by atoms with Crippen molar-refractivity contribution in [1.82, 2.24) is 5.32 Å². The number of hydrogen-bond donors (Lipinski definition) is 7. The largest absolute Gasteiger partial charge is 0.481 e. The van der Waals surface area contributed by atoms with Crippen LogP contribution in [0.4, 0.5) is 0 Å². The maximum atomic E-state index is 11.6. The van der Waals surface area contributed by atoms with E-state index in [0.717, 1.165) is 109 Å². The number of rotatable bonds is 40. The number of hydrogen-bond acceptors (Lipinski definition) is 19. The summed E-state index contributed by atoms with van der Waals surface area (Å²) in [4.78, 5) is 88.6. The minimum Gasteiger partial charge on any atom is -0.481 e. The molecular formula is C59H115NO20. The van der Waals surface area contributed by atoms with Gasteiger partial charge in [0.15, 0.2) is 0 Å². The van der Waals surface area contributed by atoms with Crippen molar-refractivity contribution >= 4 is 47.7 Å². The van der Waals surface area contributed by atoms with Gasteiger partial charge in [-0.15, -0.1) is 0 Å². The van der Waals surface area contributed by atoms with E-state index in [9.17, 15) is 43.5 Å². The van der Waals surface area contributed by atoms with Crippen LogP contribution in [0.2, 0.25) is 0 Å². The van der Waals surface area contributed by atoms with Gasteiger partial charge in [-0.3, -0.25) is 38.4 Å². The summed E-state index contributed by atoms with van der Waals surface area (Å²) in [6.45, 7) is 24.2. The Morgan fingerprint density at radius 1 is 0.388 bits per heavy atom. The van der Waals surface area contributed by atoms with Crippen LogP contribution in [0.5, 0.6) is 0 Å². The van der Waals surface area contributed by atoms with Crippen LogP contribution >= 0.6 is 0 Å². The molecule has 1 amide bonds.